The summed E-state index contributed by atoms with van der Waals surface area (Å²) in [4.78, 5) is 22.8. The average molecular weight is 310 g/mol. The molecule has 23 heavy (non-hydrogen) atoms. The van der Waals surface area contributed by atoms with Crippen LogP contribution in [-0.4, -0.2) is 30.0 Å². The summed E-state index contributed by atoms with van der Waals surface area (Å²) in [6, 6.07) is 11.1. The molecular weight excluding hydrogens is 292 g/mol. The van der Waals surface area contributed by atoms with Crippen LogP contribution in [0, 0.1) is 6.92 Å². The highest BCUT2D eigenvalue weighted by molar-refractivity contribution is 5.95. The summed E-state index contributed by atoms with van der Waals surface area (Å²) >= 11 is 0. The van der Waals surface area contributed by atoms with Crippen molar-refractivity contribution in [3.05, 3.63) is 53.5 Å². The number of nitrogens with one attached hydrogen (secondary N) is 1. The monoisotopic (exact) mass is 310 g/mol. The van der Waals surface area contributed by atoms with Crippen LogP contribution < -0.4 is 10.2 Å². The lowest BCUT2D eigenvalue weighted by atomic mass is 10.2. The van der Waals surface area contributed by atoms with Crippen molar-refractivity contribution < 1.29 is 9.21 Å². The van der Waals surface area contributed by atoms with Gasteiger partial charge in [0, 0.05) is 25.2 Å². The summed E-state index contributed by atoms with van der Waals surface area (Å²) in [5.41, 5.74) is 2.31. The molecule has 0 spiro atoms. The minimum atomic E-state index is -0.260. The van der Waals surface area contributed by atoms with Gasteiger partial charge in [-0.25, -0.2) is 9.97 Å². The lowest BCUT2D eigenvalue weighted by molar-refractivity contribution is 0.0925. The van der Waals surface area contributed by atoms with Crippen LogP contribution in [0.25, 0.3) is 11.0 Å². The van der Waals surface area contributed by atoms with E-state index in [4.69, 9.17) is 4.42 Å². The van der Waals surface area contributed by atoms with Gasteiger partial charge in [-0.2, -0.15) is 0 Å². The summed E-state index contributed by atoms with van der Waals surface area (Å²) in [5, 5.41) is 3.74. The highest BCUT2D eigenvalue weighted by Gasteiger charge is 2.12. The first-order valence-electron chi connectivity index (χ1n) is 7.31. The zero-order valence-electron chi connectivity index (χ0n) is 13.3. The Morgan fingerprint density at radius 1 is 1.22 bits per heavy atom. The van der Waals surface area contributed by atoms with Crippen LogP contribution in [0.2, 0.25) is 0 Å². The molecule has 118 valence electrons. The fourth-order valence-electron chi connectivity index (χ4n) is 2.26. The smallest absolute Gasteiger partial charge is 0.287 e. The topological polar surface area (TPSA) is 71.3 Å². The van der Waals surface area contributed by atoms with Gasteiger partial charge in [0.05, 0.1) is 12.2 Å². The average Bonchev–Trinajstić information content (AvgIpc) is 2.96. The molecule has 0 unspecified atom stereocenters. The van der Waals surface area contributed by atoms with Gasteiger partial charge < -0.3 is 14.6 Å². The van der Waals surface area contributed by atoms with Gasteiger partial charge in [0.1, 0.15) is 5.58 Å². The third-order valence-electron chi connectivity index (χ3n) is 3.37. The summed E-state index contributed by atoms with van der Waals surface area (Å²) < 4.78 is 5.55. The van der Waals surface area contributed by atoms with E-state index in [0.29, 0.717) is 23.8 Å². The summed E-state index contributed by atoms with van der Waals surface area (Å²) in [7, 11) is 3.76. The zero-order valence-corrected chi connectivity index (χ0v) is 13.3. The number of fused-ring (bicyclic) bond motifs is 1. The van der Waals surface area contributed by atoms with E-state index in [0.717, 1.165) is 16.8 Å². The highest BCUT2D eigenvalue weighted by Crippen LogP contribution is 2.18. The van der Waals surface area contributed by atoms with E-state index < -0.39 is 0 Å². The predicted molar refractivity (Wildman–Crippen MR) is 88.5 cm³/mol. The maximum atomic E-state index is 12.2. The number of furan rings is 1. The first kappa shape index (κ1) is 15.0. The maximum Gasteiger partial charge on any atom is 0.287 e. The largest absolute Gasteiger partial charge is 0.451 e. The van der Waals surface area contributed by atoms with Crippen molar-refractivity contribution >= 4 is 22.8 Å². The summed E-state index contributed by atoms with van der Waals surface area (Å²) in [6.07, 6.45) is 0. The zero-order chi connectivity index (χ0) is 16.4. The number of anilines is 1. The molecule has 0 atom stereocenters. The molecule has 1 N–H and O–H groups in total. The van der Waals surface area contributed by atoms with Gasteiger partial charge in [-0.1, -0.05) is 18.2 Å². The van der Waals surface area contributed by atoms with Gasteiger partial charge >= 0.3 is 0 Å². The van der Waals surface area contributed by atoms with Crippen LogP contribution in [0.5, 0.6) is 0 Å². The van der Waals surface area contributed by atoms with Crippen LogP contribution >= 0.6 is 0 Å². The Hall–Kier alpha value is -2.89. The van der Waals surface area contributed by atoms with Gasteiger partial charge in [-0.15, -0.1) is 0 Å². The van der Waals surface area contributed by atoms with Crippen LogP contribution in [-0.2, 0) is 6.54 Å². The SMILES string of the molecule is Cc1cc(CNC(=O)c2cc3ccccc3o2)nc(N(C)C)n1. The van der Waals surface area contributed by atoms with E-state index >= 15 is 0 Å². The van der Waals surface area contributed by atoms with Crippen molar-refractivity contribution in [3.8, 4) is 0 Å². The number of para-hydroxylation sites is 1. The fourth-order valence-corrected chi connectivity index (χ4v) is 2.26. The first-order valence-corrected chi connectivity index (χ1v) is 7.31. The third-order valence-corrected chi connectivity index (χ3v) is 3.37. The van der Waals surface area contributed by atoms with Crippen molar-refractivity contribution in [2.24, 2.45) is 0 Å². The van der Waals surface area contributed by atoms with E-state index in [2.05, 4.69) is 15.3 Å². The van der Waals surface area contributed by atoms with Gasteiger partial charge in [0.15, 0.2) is 5.76 Å². The number of amides is 1. The number of carbonyl (C=O) groups excluding carboxylic acids is 1. The molecule has 2 heterocycles. The molecule has 6 nitrogen and oxygen atoms in total. The molecule has 6 heteroatoms. The van der Waals surface area contributed by atoms with E-state index in [-0.39, 0.29) is 5.91 Å². The predicted octanol–water partition coefficient (Wildman–Crippen LogP) is 2.53. The molecule has 1 amide bonds. The van der Waals surface area contributed by atoms with Gasteiger partial charge in [0.25, 0.3) is 5.91 Å². The molecule has 3 aromatic rings. The molecule has 0 radical (unpaired) electrons. The first-order chi connectivity index (χ1) is 11.0. The third kappa shape index (κ3) is 3.31. The maximum absolute atomic E-state index is 12.2. The minimum Gasteiger partial charge on any atom is -0.451 e. The number of aryl methyl sites for hydroxylation is 1. The second-order valence-electron chi connectivity index (χ2n) is 5.53. The molecule has 0 aliphatic rings. The Morgan fingerprint density at radius 3 is 2.74 bits per heavy atom. The van der Waals surface area contributed by atoms with Crippen molar-refractivity contribution in [2.45, 2.75) is 13.5 Å². The summed E-state index contributed by atoms with van der Waals surface area (Å²) in [5.74, 6) is 0.659. The van der Waals surface area contributed by atoms with Crippen LogP contribution in [0.4, 0.5) is 5.95 Å². The van der Waals surface area contributed by atoms with Crippen LogP contribution in [0.1, 0.15) is 21.9 Å². The summed E-state index contributed by atoms with van der Waals surface area (Å²) in [6.45, 7) is 2.22. The van der Waals surface area contributed by atoms with Crippen LogP contribution in [0.3, 0.4) is 0 Å². The second kappa shape index (κ2) is 6.08. The van der Waals surface area contributed by atoms with Gasteiger partial charge in [-0.05, 0) is 25.1 Å². The molecule has 0 bridgehead atoms. The van der Waals surface area contributed by atoms with Gasteiger partial charge in [-0.3, -0.25) is 4.79 Å². The number of benzene rings is 1. The molecule has 3 rings (SSSR count). The standard InChI is InChI=1S/C17H18N4O2/c1-11-8-13(20-17(19-11)21(2)3)10-18-16(22)15-9-12-6-4-5-7-14(12)23-15/h4-9H,10H2,1-3H3,(H,18,22). The number of hydrogen-bond donors (Lipinski definition) is 1. The molecule has 0 saturated heterocycles. The molecule has 0 fully saturated rings. The molecule has 0 aliphatic heterocycles. The number of hydrogen-bond acceptors (Lipinski definition) is 5. The Kier molecular flexibility index (Phi) is 3.97. The minimum absolute atomic E-state index is 0.260. The number of aromatic nitrogens is 2. The van der Waals surface area contributed by atoms with Gasteiger partial charge in [0.2, 0.25) is 5.95 Å². The van der Waals surface area contributed by atoms with Crippen molar-refractivity contribution in [1.29, 1.82) is 0 Å². The Bertz CT molecular complexity index is 822. The molecular formula is C17H18N4O2. The van der Waals surface area contributed by atoms with Crippen molar-refractivity contribution in [1.82, 2.24) is 15.3 Å². The molecule has 0 saturated carbocycles. The highest BCUT2D eigenvalue weighted by atomic mass is 16.3. The molecule has 1 aromatic carbocycles. The number of rotatable bonds is 4. The van der Waals surface area contributed by atoms with Crippen molar-refractivity contribution in [3.63, 3.8) is 0 Å². The van der Waals surface area contributed by atoms with Crippen molar-refractivity contribution in [2.75, 3.05) is 19.0 Å². The molecule has 2 aromatic heterocycles. The van der Waals surface area contributed by atoms with E-state index in [9.17, 15) is 4.79 Å². The van der Waals surface area contributed by atoms with E-state index in [1.165, 1.54) is 0 Å². The normalized spacial score (nSPS) is 10.7. The quantitative estimate of drug-likeness (QED) is 0.802. The number of nitrogens with zero attached hydrogens (tertiary/aromatic N) is 3. The molecule has 0 aliphatic carbocycles. The lowest BCUT2D eigenvalue weighted by Gasteiger charge is -2.12. The lowest BCUT2D eigenvalue weighted by Crippen LogP contribution is -2.23. The van der Waals surface area contributed by atoms with E-state index in [1.807, 2.05) is 56.3 Å². The van der Waals surface area contributed by atoms with Crippen LogP contribution in [0.15, 0.2) is 40.8 Å². The Balaban J connectivity index is 1.73. The number of carbonyl (C=O) groups is 1. The second-order valence-corrected chi connectivity index (χ2v) is 5.53. The Morgan fingerprint density at radius 2 is 2.00 bits per heavy atom. The fraction of sp³-hybridized carbons (Fsp3) is 0.235. The Labute approximate surface area is 134 Å². The van der Waals surface area contributed by atoms with E-state index in [1.54, 1.807) is 6.07 Å².